The van der Waals surface area contributed by atoms with E-state index in [0.29, 0.717) is 0 Å². The Hall–Kier alpha value is -2.43. The summed E-state index contributed by atoms with van der Waals surface area (Å²) in [5.74, 6) is 0.728. The first-order valence-corrected chi connectivity index (χ1v) is 8.02. The average Bonchev–Trinajstić information content (AvgIpc) is 2.82. The number of halogens is 1. The molecule has 0 fully saturated rings. The summed E-state index contributed by atoms with van der Waals surface area (Å²) in [5.41, 5.74) is 4.47. The fraction of sp³-hybridized carbons (Fsp3) is 0.368. The highest BCUT2D eigenvalue weighted by molar-refractivity contribution is 5.81. The first kappa shape index (κ1) is 16.4. The van der Waals surface area contributed by atoms with Crippen LogP contribution in [0, 0.1) is 12.7 Å². The van der Waals surface area contributed by atoms with Crippen LogP contribution in [0.1, 0.15) is 32.2 Å². The highest BCUT2D eigenvalue weighted by Gasteiger charge is 2.22. The van der Waals surface area contributed by atoms with E-state index in [2.05, 4.69) is 31.9 Å². The second-order valence-electron chi connectivity index (χ2n) is 7.35. The molecule has 3 aromatic rings. The van der Waals surface area contributed by atoms with Crippen LogP contribution in [0.5, 0.6) is 0 Å². The van der Waals surface area contributed by atoms with Crippen LogP contribution in [0.2, 0.25) is 0 Å². The second kappa shape index (κ2) is 5.58. The summed E-state index contributed by atoms with van der Waals surface area (Å²) < 4.78 is 15.2. The molecule has 2 aromatic heterocycles. The summed E-state index contributed by atoms with van der Waals surface area (Å²) in [4.78, 5) is 6.92. The summed E-state index contributed by atoms with van der Waals surface area (Å²) in [6, 6.07) is 8.58. The first-order valence-electron chi connectivity index (χ1n) is 8.02. The van der Waals surface area contributed by atoms with Crippen molar-refractivity contribution in [1.29, 1.82) is 0 Å². The van der Waals surface area contributed by atoms with Gasteiger partial charge in [0.05, 0.1) is 11.4 Å². The van der Waals surface area contributed by atoms with E-state index in [1.54, 1.807) is 12.1 Å². The standard InChI is InChI=1S/C19H23FN4/c1-12-17(13-7-9-14(20)10-8-13)18-21-15(19(2,3)4)11-16(23(5)6)24(18)22-12/h7-11H,1-6H3. The van der Waals surface area contributed by atoms with Gasteiger partial charge in [-0.2, -0.15) is 9.61 Å². The lowest BCUT2D eigenvalue weighted by Gasteiger charge is -2.22. The minimum atomic E-state index is -0.245. The molecule has 3 rings (SSSR count). The maximum atomic E-state index is 13.3. The van der Waals surface area contributed by atoms with Crippen molar-refractivity contribution >= 4 is 11.5 Å². The van der Waals surface area contributed by atoms with E-state index in [9.17, 15) is 4.39 Å². The van der Waals surface area contributed by atoms with Crippen molar-refractivity contribution in [2.45, 2.75) is 33.1 Å². The fourth-order valence-electron chi connectivity index (χ4n) is 2.77. The van der Waals surface area contributed by atoms with Gasteiger partial charge in [-0.1, -0.05) is 32.9 Å². The van der Waals surface area contributed by atoms with Crippen molar-refractivity contribution in [3.05, 3.63) is 47.5 Å². The Balaban J connectivity index is 2.36. The van der Waals surface area contributed by atoms with Gasteiger partial charge >= 0.3 is 0 Å². The highest BCUT2D eigenvalue weighted by Crippen LogP contribution is 2.32. The molecular formula is C19H23FN4. The molecule has 2 heterocycles. The third-order valence-corrected chi connectivity index (χ3v) is 4.10. The van der Waals surface area contributed by atoms with Crippen molar-refractivity contribution in [1.82, 2.24) is 14.6 Å². The predicted octanol–water partition coefficient (Wildman–Crippen LogP) is 4.21. The van der Waals surface area contributed by atoms with Crippen molar-refractivity contribution in [2.24, 2.45) is 0 Å². The van der Waals surface area contributed by atoms with Crippen molar-refractivity contribution in [2.75, 3.05) is 19.0 Å². The zero-order valence-corrected chi connectivity index (χ0v) is 15.1. The van der Waals surface area contributed by atoms with Gasteiger partial charge in [0.1, 0.15) is 11.6 Å². The van der Waals surface area contributed by atoms with Gasteiger partial charge in [0.25, 0.3) is 0 Å². The van der Waals surface area contributed by atoms with E-state index in [0.717, 1.165) is 34.0 Å². The number of aromatic nitrogens is 3. The van der Waals surface area contributed by atoms with Crippen LogP contribution in [-0.4, -0.2) is 28.7 Å². The Morgan fingerprint density at radius 2 is 1.71 bits per heavy atom. The third kappa shape index (κ3) is 2.75. The summed E-state index contributed by atoms with van der Waals surface area (Å²) >= 11 is 0. The van der Waals surface area contributed by atoms with Crippen LogP contribution in [0.4, 0.5) is 10.2 Å². The number of anilines is 1. The largest absolute Gasteiger partial charge is 0.363 e. The minimum absolute atomic E-state index is 0.0786. The Labute approximate surface area is 141 Å². The lowest BCUT2D eigenvalue weighted by atomic mass is 9.91. The number of nitrogens with zero attached hydrogens (tertiary/aromatic N) is 4. The molecule has 0 atom stereocenters. The molecule has 0 spiro atoms. The van der Waals surface area contributed by atoms with Gasteiger partial charge < -0.3 is 4.90 Å². The fourth-order valence-corrected chi connectivity index (χ4v) is 2.77. The van der Waals surface area contributed by atoms with Gasteiger partial charge in [-0.25, -0.2) is 9.37 Å². The van der Waals surface area contributed by atoms with Gasteiger partial charge in [-0.05, 0) is 24.6 Å². The molecule has 0 aliphatic heterocycles. The molecule has 0 saturated heterocycles. The Morgan fingerprint density at radius 1 is 1.08 bits per heavy atom. The molecule has 1 aromatic carbocycles. The molecule has 24 heavy (non-hydrogen) atoms. The lowest BCUT2D eigenvalue weighted by Crippen LogP contribution is -2.19. The maximum Gasteiger partial charge on any atom is 0.165 e. The Bertz CT molecular complexity index is 886. The summed E-state index contributed by atoms with van der Waals surface area (Å²) in [6.45, 7) is 8.40. The topological polar surface area (TPSA) is 33.4 Å². The van der Waals surface area contributed by atoms with E-state index in [1.807, 2.05) is 30.4 Å². The van der Waals surface area contributed by atoms with Crippen LogP contribution >= 0.6 is 0 Å². The lowest BCUT2D eigenvalue weighted by molar-refractivity contribution is 0.568. The number of hydrogen-bond acceptors (Lipinski definition) is 3. The Kier molecular flexibility index (Phi) is 3.82. The first-order chi connectivity index (χ1) is 11.2. The number of rotatable bonds is 2. The van der Waals surface area contributed by atoms with Gasteiger partial charge in [0.2, 0.25) is 0 Å². The smallest absolute Gasteiger partial charge is 0.165 e. The Morgan fingerprint density at radius 3 is 2.25 bits per heavy atom. The molecule has 4 nitrogen and oxygen atoms in total. The molecule has 126 valence electrons. The quantitative estimate of drug-likeness (QED) is 0.707. The van der Waals surface area contributed by atoms with Crippen molar-refractivity contribution in [3.63, 3.8) is 0 Å². The molecule has 0 bridgehead atoms. The molecule has 0 amide bonds. The van der Waals surface area contributed by atoms with E-state index in [4.69, 9.17) is 4.98 Å². The number of benzene rings is 1. The van der Waals surface area contributed by atoms with Crippen LogP contribution in [0.25, 0.3) is 16.8 Å². The number of aryl methyl sites for hydroxylation is 1. The molecule has 0 N–H and O–H groups in total. The molecule has 0 aliphatic rings. The molecule has 0 aliphatic carbocycles. The molecule has 0 radical (unpaired) electrons. The summed E-state index contributed by atoms with van der Waals surface area (Å²) in [5, 5.41) is 4.68. The monoisotopic (exact) mass is 326 g/mol. The summed E-state index contributed by atoms with van der Waals surface area (Å²) in [7, 11) is 3.99. The normalized spacial score (nSPS) is 12.0. The van der Waals surface area contributed by atoms with Crippen LogP contribution in [-0.2, 0) is 5.41 Å². The van der Waals surface area contributed by atoms with Gasteiger partial charge in [0, 0.05) is 31.1 Å². The molecule has 0 unspecified atom stereocenters. The van der Waals surface area contributed by atoms with Gasteiger partial charge in [0.15, 0.2) is 5.65 Å². The molecule has 0 saturated carbocycles. The number of hydrogen-bond donors (Lipinski definition) is 0. The van der Waals surface area contributed by atoms with Crippen LogP contribution < -0.4 is 4.90 Å². The van der Waals surface area contributed by atoms with Crippen molar-refractivity contribution in [3.8, 4) is 11.1 Å². The minimum Gasteiger partial charge on any atom is -0.363 e. The van der Waals surface area contributed by atoms with Gasteiger partial charge in [-0.3, -0.25) is 0 Å². The maximum absolute atomic E-state index is 13.3. The van der Waals surface area contributed by atoms with E-state index in [-0.39, 0.29) is 11.2 Å². The number of fused-ring (bicyclic) bond motifs is 1. The SMILES string of the molecule is Cc1nn2c(N(C)C)cc(C(C)(C)C)nc2c1-c1ccc(F)cc1. The average molecular weight is 326 g/mol. The van der Waals surface area contributed by atoms with Gasteiger partial charge in [-0.15, -0.1) is 0 Å². The molecular weight excluding hydrogens is 303 g/mol. The van der Waals surface area contributed by atoms with E-state index >= 15 is 0 Å². The van der Waals surface area contributed by atoms with Crippen LogP contribution in [0.3, 0.4) is 0 Å². The van der Waals surface area contributed by atoms with E-state index in [1.165, 1.54) is 12.1 Å². The third-order valence-electron chi connectivity index (χ3n) is 4.10. The molecule has 5 heteroatoms. The zero-order chi connectivity index (χ0) is 17.6. The van der Waals surface area contributed by atoms with E-state index < -0.39 is 0 Å². The predicted molar refractivity (Wildman–Crippen MR) is 96.1 cm³/mol. The summed E-state index contributed by atoms with van der Waals surface area (Å²) in [6.07, 6.45) is 0. The van der Waals surface area contributed by atoms with Crippen molar-refractivity contribution < 1.29 is 4.39 Å². The van der Waals surface area contributed by atoms with Crippen LogP contribution in [0.15, 0.2) is 30.3 Å². The highest BCUT2D eigenvalue weighted by atomic mass is 19.1. The second-order valence-corrected chi connectivity index (χ2v) is 7.35. The zero-order valence-electron chi connectivity index (χ0n) is 15.1.